The molecule has 0 spiro atoms. The first-order chi connectivity index (χ1) is 9.45. The Kier molecular flexibility index (Phi) is 7.47. The van der Waals surface area contributed by atoms with Gasteiger partial charge in [-0.3, -0.25) is 4.79 Å². The van der Waals surface area contributed by atoms with Gasteiger partial charge < -0.3 is 10.1 Å². The molecule has 0 heterocycles. The summed E-state index contributed by atoms with van der Waals surface area (Å²) >= 11 is 0. The number of methoxy groups -OCH3 is 1. The van der Waals surface area contributed by atoms with Crippen molar-refractivity contribution in [3.05, 3.63) is 0 Å². The summed E-state index contributed by atoms with van der Waals surface area (Å²) in [6, 6.07) is 0.0753. The third kappa shape index (κ3) is 6.19. The Bertz CT molecular complexity index is 391. The van der Waals surface area contributed by atoms with Gasteiger partial charge in [-0.25, -0.2) is 8.42 Å². The van der Waals surface area contributed by atoms with E-state index in [0.29, 0.717) is 13.2 Å². The van der Waals surface area contributed by atoms with Crippen LogP contribution in [0.15, 0.2) is 0 Å². The predicted octanol–water partition coefficient (Wildman–Crippen LogP) is 0.733. The van der Waals surface area contributed by atoms with Gasteiger partial charge in [-0.2, -0.15) is 4.31 Å². The van der Waals surface area contributed by atoms with E-state index in [4.69, 9.17) is 4.74 Å². The largest absolute Gasteiger partial charge is 0.385 e. The molecule has 1 aliphatic rings. The molecule has 0 saturated heterocycles. The molecule has 118 valence electrons. The minimum Gasteiger partial charge on any atom is -0.385 e. The van der Waals surface area contributed by atoms with Crippen LogP contribution in [0, 0.1) is 0 Å². The molecule has 1 N–H and O–H groups in total. The molecule has 1 saturated carbocycles. The van der Waals surface area contributed by atoms with Crippen LogP contribution < -0.4 is 5.32 Å². The standard InChI is InChI=1S/C13H26N2O4S/c1-19-11-5-9-14-13(16)8-10-15(20(2,17)18)12-6-3-4-7-12/h12H,3-11H2,1-2H3,(H,14,16). The number of carbonyl (C=O) groups is 1. The Hall–Kier alpha value is -0.660. The van der Waals surface area contributed by atoms with Crippen molar-refractivity contribution in [2.75, 3.05) is 33.1 Å². The van der Waals surface area contributed by atoms with Crippen molar-refractivity contribution < 1.29 is 17.9 Å². The zero-order valence-electron chi connectivity index (χ0n) is 12.4. The van der Waals surface area contributed by atoms with E-state index in [1.165, 1.54) is 10.6 Å². The topological polar surface area (TPSA) is 75.7 Å². The minimum atomic E-state index is -3.24. The van der Waals surface area contributed by atoms with Gasteiger partial charge in [0.1, 0.15) is 0 Å². The van der Waals surface area contributed by atoms with Gasteiger partial charge in [0.05, 0.1) is 6.26 Å². The fourth-order valence-corrected chi connectivity index (χ4v) is 3.73. The van der Waals surface area contributed by atoms with Gasteiger partial charge in [0.2, 0.25) is 15.9 Å². The highest BCUT2D eigenvalue weighted by Crippen LogP contribution is 2.25. The van der Waals surface area contributed by atoms with Crippen molar-refractivity contribution in [3.8, 4) is 0 Å². The maximum absolute atomic E-state index is 11.8. The molecule has 0 atom stereocenters. The highest BCUT2D eigenvalue weighted by molar-refractivity contribution is 7.88. The Morgan fingerprint density at radius 2 is 2.00 bits per heavy atom. The second kappa shape index (κ2) is 8.59. The SMILES string of the molecule is COCCCNC(=O)CCN(C1CCCC1)S(C)(=O)=O. The molecule has 6 nitrogen and oxygen atoms in total. The van der Waals surface area contributed by atoms with E-state index in [0.717, 1.165) is 32.1 Å². The molecule has 0 radical (unpaired) electrons. The van der Waals surface area contributed by atoms with Crippen LogP contribution in [0.2, 0.25) is 0 Å². The normalized spacial score (nSPS) is 16.8. The van der Waals surface area contributed by atoms with E-state index >= 15 is 0 Å². The van der Waals surface area contributed by atoms with Crippen LogP contribution in [0.5, 0.6) is 0 Å². The predicted molar refractivity (Wildman–Crippen MR) is 77.9 cm³/mol. The highest BCUT2D eigenvalue weighted by Gasteiger charge is 2.29. The van der Waals surface area contributed by atoms with Crippen LogP contribution in [-0.4, -0.2) is 57.7 Å². The first kappa shape index (κ1) is 17.4. The maximum atomic E-state index is 11.8. The van der Waals surface area contributed by atoms with Gasteiger partial charge in [0.25, 0.3) is 0 Å². The maximum Gasteiger partial charge on any atom is 0.221 e. The fraction of sp³-hybridized carbons (Fsp3) is 0.923. The van der Waals surface area contributed by atoms with Gasteiger partial charge in [0.15, 0.2) is 0 Å². The second-order valence-corrected chi connectivity index (χ2v) is 7.19. The van der Waals surface area contributed by atoms with Crippen LogP contribution in [0.25, 0.3) is 0 Å². The molecule has 20 heavy (non-hydrogen) atoms. The number of nitrogens with one attached hydrogen (secondary N) is 1. The van der Waals surface area contributed by atoms with Gasteiger partial charge in [-0.1, -0.05) is 12.8 Å². The number of hydrogen-bond donors (Lipinski definition) is 1. The fourth-order valence-electron chi connectivity index (χ4n) is 2.56. The van der Waals surface area contributed by atoms with Crippen molar-refractivity contribution in [2.45, 2.75) is 44.6 Å². The van der Waals surface area contributed by atoms with Gasteiger partial charge in [-0.15, -0.1) is 0 Å². The van der Waals surface area contributed by atoms with Gasteiger partial charge in [0, 0.05) is 39.3 Å². The molecule has 1 amide bonds. The van der Waals surface area contributed by atoms with Crippen molar-refractivity contribution in [1.82, 2.24) is 9.62 Å². The summed E-state index contributed by atoms with van der Waals surface area (Å²) in [4.78, 5) is 11.7. The number of hydrogen-bond acceptors (Lipinski definition) is 4. The summed E-state index contributed by atoms with van der Waals surface area (Å²) in [5.41, 5.74) is 0. The molecule has 0 bridgehead atoms. The molecule has 0 aliphatic heterocycles. The molecular weight excluding hydrogens is 280 g/mol. The molecule has 0 aromatic rings. The molecule has 0 unspecified atom stereocenters. The summed E-state index contributed by atoms with van der Waals surface area (Å²) < 4.78 is 30.0. The smallest absolute Gasteiger partial charge is 0.221 e. The number of nitrogens with zero attached hydrogens (tertiary/aromatic N) is 1. The van der Waals surface area contributed by atoms with Crippen molar-refractivity contribution in [2.24, 2.45) is 0 Å². The Morgan fingerprint density at radius 3 is 2.55 bits per heavy atom. The number of amides is 1. The van der Waals surface area contributed by atoms with E-state index in [9.17, 15) is 13.2 Å². The lowest BCUT2D eigenvalue weighted by Crippen LogP contribution is -2.40. The number of rotatable bonds is 9. The average molecular weight is 306 g/mol. The summed E-state index contributed by atoms with van der Waals surface area (Å²) in [5, 5.41) is 2.77. The van der Waals surface area contributed by atoms with Crippen LogP contribution in [0.4, 0.5) is 0 Å². The molecular formula is C13H26N2O4S. The number of sulfonamides is 1. The molecule has 1 rings (SSSR count). The van der Waals surface area contributed by atoms with Gasteiger partial charge in [-0.05, 0) is 19.3 Å². The van der Waals surface area contributed by atoms with Crippen LogP contribution in [0.3, 0.4) is 0 Å². The monoisotopic (exact) mass is 306 g/mol. The summed E-state index contributed by atoms with van der Waals surface area (Å²) in [7, 11) is -1.62. The Balaban J connectivity index is 2.36. The first-order valence-electron chi connectivity index (χ1n) is 7.17. The van der Waals surface area contributed by atoms with E-state index < -0.39 is 10.0 Å². The molecule has 7 heteroatoms. The molecule has 1 fully saturated rings. The molecule has 1 aliphatic carbocycles. The van der Waals surface area contributed by atoms with Crippen molar-refractivity contribution in [3.63, 3.8) is 0 Å². The quantitative estimate of drug-likeness (QED) is 0.637. The second-order valence-electron chi connectivity index (χ2n) is 5.26. The van der Waals surface area contributed by atoms with E-state index in [1.54, 1.807) is 7.11 Å². The third-order valence-electron chi connectivity index (χ3n) is 3.56. The van der Waals surface area contributed by atoms with Crippen LogP contribution in [0.1, 0.15) is 38.5 Å². The van der Waals surface area contributed by atoms with E-state index in [2.05, 4.69) is 5.32 Å². The van der Waals surface area contributed by atoms with E-state index in [-0.39, 0.29) is 24.9 Å². The molecule has 0 aromatic carbocycles. The summed E-state index contributed by atoms with van der Waals surface area (Å²) in [6.07, 6.45) is 6.16. The van der Waals surface area contributed by atoms with Crippen LogP contribution >= 0.6 is 0 Å². The Labute approximate surface area is 121 Å². The number of carbonyl (C=O) groups excluding carboxylic acids is 1. The minimum absolute atomic E-state index is 0.0753. The summed E-state index contributed by atoms with van der Waals surface area (Å²) in [5.74, 6) is -0.104. The van der Waals surface area contributed by atoms with Crippen molar-refractivity contribution >= 4 is 15.9 Å². The Morgan fingerprint density at radius 1 is 1.35 bits per heavy atom. The lowest BCUT2D eigenvalue weighted by atomic mass is 10.2. The number of ether oxygens (including phenoxy) is 1. The van der Waals surface area contributed by atoms with E-state index in [1.807, 2.05) is 0 Å². The lowest BCUT2D eigenvalue weighted by Gasteiger charge is -2.26. The zero-order chi connectivity index (χ0) is 15.0. The highest BCUT2D eigenvalue weighted by atomic mass is 32.2. The zero-order valence-corrected chi connectivity index (χ0v) is 13.2. The first-order valence-corrected chi connectivity index (χ1v) is 9.02. The van der Waals surface area contributed by atoms with Crippen molar-refractivity contribution in [1.29, 1.82) is 0 Å². The molecule has 0 aromatic heterocycles. The van der Waals surface area contributed by atoms with Gasteiger partial charge >= 0.3 is 0 Å². The van der Waals surface area contributed by atoms with Crippen LogP contribution in [-0.2, 0) is 19.6 Å². The average Bonchev–Trinajstić information content (AvgIpc) is 2.87. The third-order valence-corrected chi connectivity index (χ3v) is 4.90. The summed E-state index contributed by atoms with van der Waals surface area (Å²) in [6.45, 7) is 1.45. The lowest BCUT2D eigenvalue weighted by molar-refractivity contribution is -0.121.